The first-order valence-corrected chi connectivity index (χ1v) is 8.84. The number of nitrogens with zero attached hydrogens (tertiary/aromatic N) is 2. The molecular weight excluding hydrogens is 330 g/mol. The highest BCUT2D eigenvalue weighted by Gasteiger charge is 2.23. The minimum absolute atomic E-state index is 0.0975. The van der Waals surface area contributed by atoms with Gasteiger partial charge in [-0.15, -0.1) is 11.3 Å². The average Bonchev–Trinajstić information content (AvgIpc) is 2.80. The fourth-order valence-electron chi connectivity index (χ4n) is 1.77. The molecule has 114 valence electrons. The number of aryl methyl sites for hydroxylation is 1. The Bertz CT molecular complexity index is 748. The molecule has 0 aliphatic heterocycles. The number of aromatic nitrogens is 1. The highest BCUT2D eigenvalue weighted by atomic mass is 35.5. The highest BCUT2D eigenvalue weighted by molar-refractivity contribution is 7.89. The molecule has 0 unspecified atom stereocenters. The zero-order chi connectivity index (χ0) is 15.8. The summed E-state index contributed by atoms with van der Waals surface area (Å²) in [4.78, 5) is 5.13. The molecule has 0 amide bonds. The van der Waals surface area contributed by atoms with E-state index in [1.807, 2.05) is 6.92 Å². The van der Waals surface area contributed by atoms with Gasteiger partial charge in [0.2, 0.25) is 10.0 Å². The number of thiazole rings is 1. The minimum atomic E-state index is -3.65. The molecule has 0 atom stereocenters. The molecule has 0 radical (unpaired) electrons. The van der Waals surface area contributed by atoms with Crippen LogP contribution >= 0.6 is 22.9 Å². The smallest absolute Gasteiger partial charge is 0.243 e. The molecule has 0 saturated carbocycles. The number of rotatable bonds is 4. The molecule has 2 aromatic rings. The van der Waals surface area contributed by atoms with Gasteiger partial charge >= 0.3 is 0 Å². The normalized spacial score (nSPS) is 12.0. The first-order valence-electron chi connectivity index (χ1n) is 6.14. The molecule has 1 heterocycles. The van der Waals surface area contributed by atoms with E-state index in [-0.39, 0.29) is 11.4 Å². The Morgan fingerprint density at radius 3 is 2.57 bits per heavy atom. The van der Waals surface area contributed by atoms with Gasteiger partial charge in [-0.2, -0.15) is 4.31 Å². The second-order valence-electron chi connectivity index (χ2n) is 4.74. The first-order chi connectivity index (χ1) is 9.73. The van der Waals surface area contributed by atoms with Crippen LogP contribution in [-0.4, -0.2) is 24.8 Å². The van der Waals surface area contributed by atoms with E-state index in [4.69, 9.17) is 17.3 Å². The molecule has 0 spiro atoms. The lowest BCUT2D eigenvalue weighted by molar-refractivity contribution is 0.468. The molecule has 21 heavy (non-hydrogen) atoms. The Kier molecular flexibility index (Phi) is 4.57. The zero-order valence-electron chi connectivity index (χ0n) is 11.9. The number of sulfonamides is 1. The van der Waals surface area contributed by atoms with Crippen molar-refractivity contribution in [1.82, 2.24) is 9.29 Å². The number of nitrogen functional groups attached to an aromatic ring is 1. The third-order valence-electron chi connectivity index (χ3n) is 3.28. The second kappa shape index (κ2) is 5.92. The summed E-state index contributed by atoms with van der Waals surface area (Å²) < 4.78 is 26.4. The molecule has 0 aliphatic rings. The number of hydrogen-bond donors (Lipinski definition) is 1. The Morgan fingerprint density at radius 1 is 1.38 bits per heavy atom. The van der Waals surface area contributed by atoms with Crippen molar-refractivity contribution in [2.45, 2.75) is 25.3 Å². The van der Waals surface area contributed by atoms with Crippen molar-refractivity contribution in [3.05, 3.63) is 38.8 Å². The molecule has 1 aromatic heterocycles. The summed E-state index contributed by atoms with van der Waals surface area (Å²) >= 11 is 7.46. The van der Waals surface area contributed by atoms with Crippen molar-refractivity contribution >= 4 is 38.6 Å². The van der Waals surface area contributed by atoms with Gasteiger partial charge in [0.05, 0.1) is 16.1 Å². The van der Waals surface area contributed by atoms with Crippen LogP contribution in [0.3, 0.4) is 0 Å². The molecule has 5 nitrogen and oxygen atoms in total. The predicted octanol–water partition coefficient (Wildman–Crippen LogP) is 2.82. The van der Waals surface area contributed by atoms with Gasteiger partial charge < -0.3 is 5.73 Å². The maximum atomic E-state index is 12.6. The molecule has 0 fully saturated rings. The van der Waals surface area contributed by atoms with E-state index in [1.54, 1.807) is 12.4 Å². The molecule has 2 N–H and O–H groups in total. The van der Waals surface area contributed by atoms with Gasteiger partial charge in [-0.05, 0) is 31.5 Å². The fraction of sp³-hybridized carbons (Fsp3) is 0.308. The number of halogens is 1. The van der Waals surface area contributed by atoms with Crippen molar-refractivity contribution in [2.24, 2.45) is 0 Å². The Balaban J connectivity index is 2.35. The fourth-order valence-corrected chi connectivity index (χ4v) is 4.17. The van der Waals surface area contributed by atoms with E-state index in [9.17, 15) is 8.42 Å². The lowest BCUT2D eigenvalue weighted by Gasteiger charge is -2.18. The molecule has 2 rings (SSSR count). The van der Waals surface area contributed by atoms with Gasteiger partial charge in [-0.25, -0.2) is 13.4 Å². The van der Waals surface area contributed by atoms with E-state index in [0.29, 0.717) is 16.3 Å². The van der Waals surface area contributed by atoms with Gasteiger partial charge in [-0.1, -0.05) is 11.6 Å². The third kappa shape index (κ3) is 3.21. The number of anilines is 1. The van der Waals surface area contributed by atoms with Gasteiger partial charge in [0, 0.05) is 29.2 Å². The first kappa shape index (κ1) is 16.2. The molecular formula is C13H16ClN3O2S2. The van der Waals surface area contributed by atoms with Crippen LogP contribution in [0.4, 0.5) is 5.69 Å². The van der Waals surface area contributed by atoms with Crippen molar-refractivity contribution in [1.29, 1.82) is 0 Å². The summed E-state index contributed by atoms with van der Waals surface area (Å²) in [7, 11) is -2.12. The lowest BCUT2D eigenvalue weighted by atomic mass is 10.2. The van der Waals surface area contributed by atoms with Crippen molar-refractivity contribution in [3.63, 3.8) is 0 Å². The summed E-state index contributed by atoms with van der Waals surface area (Å²) in [6.07, 6.45) is 0. The monoisotopic (exact) mass is 345 g/mol. The summed E-state index contributed by atoms with van der Waals surface area (Å²) in [6, 6.07) is 2.87. The van der Waals surface area contributed by atoms with Crippen LogP contribution in [0.1, 0.15) is 16.1 Å². The van der Waals surface area contributed by atoms with E-state index >= 15 is 0 Å². The topological polar surface area (TPSA) is 76.3 Å². The Morgan fingerprint density at radius 2 is 2.05 bits per heavy atom. The average molecular weight is 346 g/mol. The van der Waals surface area contributed by atoms with Crippen LogP contribution in [0.15, 0.2) is 22.5 Å². The molecule has 1 aromatic carbocycles. The summed E-state index contributed by atoms with van der Waals surface area (Å²) in [5.74, 6) is 0. The summed E-state index contributed by atoms with van der Waals surface area (Å²) in [6.45, 7) is 3.87. The third-order valence-corrected chi connectivity index (χ3v) is 6.37. The maximum Gasteiger partial charge on any atom is 0.243 e. The van der Waals surface area contributed by atoms with Gasteiger partial charge in [0.1, 0.15) is 0 Å². The van der Waals surface area contributed by atoms with E-state index in [1.165, 1.54) is 34.8 Å². The summed E-state index contributed by atoms with van der Waals surface area (Å²) in [5.41, 5.74) is 9.38. The zero-order valence-corrected chi connectivity index (χ0v) is 14.3. The maximum absolute atomic E-state index is 12.6. The lowest BCUT2D eigenvalue weighted by Crippen LogP contribution is -2.26. The second-order valence-corrected chi connectivity index (χ2v) is 8.13. The minimum Gasteiger partial charge on any atom is -0.398 e. The molecule has 8 heteroatoms. The van der Waals surface area contributed by atoms with E-state index < -0.39 is 10.0 Å². The molecule has 0 aliphatic carbocycles. The Hall–Kier alpha value is -1.15. The van der Waals surface area contributed by atoms with Gasteiger partial charge in [0.15, 0.2) is 0 Å². The van der Waals surface area contributed by atoms with E-state index in [2.05, 4.69) is 4.98 Å². The van der Waals surface area contributed by atoms with Crippen LogP contribution in [0.5, 0.6) is 0 Å². The number of hydrogen-bond acceptors (Lipinski definition) is 5. The van der Waals surface area contributed by atoms with Crippen LogP contribution in [0.25, 0.3) is 0 Å². The SMILES string of the molecule is Cc1ncsc1CN(C)S(=O)(=O)c1cc(N)c(C)c(Cl)c1. The van der Waals surface area contributed by atoms with Crippen LogP contribution in [0, 0.1) is 13.8 Å². The standard InChI is InChI=1S/C13H16ClN3O2S2/c1-8-11(14)4-10(5-12(8)15)21(18,19)17(3)6-13-9(2)16-7-20-13/h4-5,7H,6,15H2,1-3H3. The van der Waals surface area contributed by atoms with Crippen molar-refractivity contribution < 1.29 is 8.42 Å². The molecule has 0 bridgehead atoms. The quantitative estimate of drug-likeness (QED) is 0.864. The number of nitrogens with two attached hydrogens (primary N) is 1. The van der Waals surface area contributed by atoms with Crippen LogP contribution < -0.4 is 5.73 Å². The van der Waals surface area contributed by atoms with Gasteiger partial charge in [0.25, 0.3) is 0 Å². The Labute approximate surface area is 133 Å². The van der Waals surface area contributed by atoms with Gasteiger partial charge in [-0.3, -0.25) is 0 Å². The van der Waals surface area contributed by atoms with Crippen LogP contribution in [0.2, 0.25) is 5.02 Å². The predicted molar refractivity (Wildman–Crippen MR) is 86.1 cm³/mol. The molecule has 0 saturated heterocycles. The highest BCUT2D eigenvalue weighted by Crippen LogP contribution is 2.28. The largest absolute Gasteiger partial charge is 0.398 e. The van der Waals surface area contributed by atoms with Crippen molar-refractivity contribution in [3.8, 4) is 0 Å². The summed E-state index contributed by atoms with van der Waals surface area (Å²) in [5, 5.41) is 0.343. The van der Waals surface area contributed by atoms with E-state index in [0.717, 1.165) is 10.6 Å². The number of benzene rings is 1. The van der Waals surface area contributed by atoms with Crippen LogP contribution in [-0.2, 0) is 16.6 Å². The van der Waals surface area contributed by atoms with Crippen molar-refractivity contribution in [2.75, 3.05) is 12.8 Å².